The van der Waals surface area contributed by atoms with Gasteiger partial charge in [-0.1, -0.05) is 19.1 Å². The summed E-state index contributed by atoms with van der Waals surface area (Å²) in [6, 6.07) is 21.3. The summed E-state index contributed by atoms with van der Waals surface area (Å²) in [7, 11) is 1.59. The number of carbonyl (C=O) groups is 1. The van der Waals surface area contributed by atoms with Crippen molar-refractivity contribution < 1.29 is 9.53 Å². The third kappa shape index (κ3) is 5.03. The fraction of sp³-hybridized carbons (Fsp3) is 0.214. The SMILES string of the molecule is CCC(=O)Nc1ccc(N2C(=S)NC(c3ccccn3)C2c2cccn2Cc2ccccn2)cc1OC. The molecule has 0 aliphatic carbocycles. The molecule has 2 unspecified atom stereocenters. The largest absolute Gasteiger partial charge is 0.494 e. The van der Waals surface area contributed by atoms with Crippen molar-refractivity contribution in [1.82, 2.24) is 19.9 Å². The zero-order valence-electron chi connectivity index (χ0n) is 20.7. The highest BCUT2D eigenvalue weighted by Gasteiger charge is 2.42. The van der Waals surface area contributed by atoms with E-state index in [4.69, 9.17) is 17.0 Å². The first-order chi connectivity index (χ1) is 18.1. The Hall–Kier alpha value is -4.24. The Morgan fingerprint density at radius 1 is 1.08 bits per heavy atom. The first-order valence-electron chi connectivity index (χ1n) is 12.1. The van der Waals surface area contributed by atoms with Gasteiger partial charge < -0.3 is 24.8 Å². The molecule has 1 fully saturated rings. The number of anilines is 2. The summed E-state index contributed by atoms with van der Waals surface area (Å²) < 4.78 is 7.83. The van der Waals surface area contributed by atoms with Crippen molar-refractivity contribution in [3.8, 4) is 5.75 Å². The van der Waals surface area contributed by atoms with Crippen LogP contribution < -0.4 is 20.3 Å². The first kappa shape index (κ1) is 24.5. The Bertz CT molecular complexity index is 1390. The Balaban J connectivity index is 1.58. The van der Waals surface area contributed by atoms with Crippen LogP contribution in [0.4, 0.5) is 11.4 Å². The number of thiocarbonyl (C=S) groups is 1. The highest BCUT2D eigenvalue weighted by atomic mass is 32.1. The molecule has 9 heteroatoms. The smallest absolute Gasteiger partial charge is 0.224 e. The van der Waals surface area contributed by atoms with Crippen LogP contribution in [0.1, 0.15) is 42.5 Å². The molecule has 0 radical (unpaired) electrons. The Labute approximate surface area is 221 Å². The molecule has 1 aromatic carbocycles. The average molecular weight is 513 g/mol. The van der Waals surface area contributed by atoms with E-state index in [0.717, 1.165) is 22.8 Å². The van der Waals surface area contributed by atoms with E-state index in [9.17, 15) is 4.79 Å². The minimum Gasteiger partial charge on any atom is -0.494 e. The lowest BCUT2D eigenvalue weighted by Crippen LogP contribution is -2.30. The number of pyridine rings is 2. The Kier molecular flexibility index (Phi) is 7.14. The second-order valence-corrected chi connectivity index (χ2v) is 9.05. The van der Waals surface area contributed by atoms with Crippen LogP contribution >= 0.6 is 12.2 Å². The normalized spacial score (nSPS) is 16.9. The van der Waals surface area contributed by atoms with E-state index in [-0.39, 0.29) is 18.0 Å². The van der Waals surface area contributed by atoms with Crippen LogP contribution in [0.2, 0.25) is 0 Å². The number of carbonyl (C=O) groups excluding carboxylic acids is 1. The van der Waals surface area contributed by atoms with Gasteiger partial charge in [-0.05, 0) is 60.7 Å². The van der Waals surface area contributed by atoms with Gasteiger partial charge in [-0.25, -0.2) is 0 Å². The van der Waals surface area contributed by atoms with Gasteiger partial charge in [0, 0.05) is 42.5 Å². The van der Waals surface area contributed by atoms with Gasteiger partial charge in [-0.2, -0.15) is 0 Å². The molecule has 4 aromatic rings. The number of ether oxygens (including phenoxy) is 1. The fourth-order valence-electron chi connectivity index (χ4n) is 4.61. The van der Waals surface area contributed by atoms with Gasteiger partial charge in [0.15, 0.2) is 5.11 Å². The molecule has 0 bridgehead atoms. The lowest BCUT2D eigenvalue weighted by Gasteiger charge is -2.29. The zero-order valence-corrected chi connectivity index (χ0v) is 21.5. The number of amides is 1. The minimum absolute atomic E-state index is 0.0788. The van der Waals surface area contributed by atoms with Crippen molar-refractivity contribution in [2.45, 2.75) is 32.0 Å². The predicted octanol–water partition coefficient (Wildman–Crippen LogP) is 4.86. The summed E-state index contributed by atoms with van der Waals surface area (Å²) in [6.07, 6.45) is 6.04. The highest BCUT2D eigenvalue weighted by molar-refractivity contribution is 7.80. The molecule has 0 saturated carbocycles. The van der Waals surface area contributed by atoms with Gasteiger partial charge in [0.1, 0.15) is 11.8 Å². The van der Waals surface area contributed by atoms with Crippen LogP contribution in [-0.2, 0) is 11.3 Å². The van der Waals surface area contributed by atoms with Crippen molar-refractivity contribution in [1.29, 1.82) is 0 Å². The summed E-state index contributed by atoms with van der Waals surface area (Å²) in [5.41, 5.74) is 4.38. The molecule has 37 heavy (non-hydrogen) atoms. The molecule has 2 atom stereocenters. The number of aromatic nitrogens is 3. The van der Waals surface area contributed by atoms with Crippen molar-refractivity contribution in [2.24, 2.45) is 0 Å². The van der Waals surface area contributed by atoms with Crippen LogP contribution in [0.3, 0.4) is 0 Å². The fourth-order valence-corrected chi connectivity index (χ4v) is 4.96. The molecule has 5 rings (SSSR count). The Morgan fingerprint density at radius 2 is 1.89 bits per heavy atom. The van der Waals surface area contributed by atoms with Crippen LogP contribution in [0.15, 0.2) is 85.3 Å². The van der Waals surface area contributed by atoms with E-state index in [2.05, 4.69) is 42.3 Å². The number of hydrogen-bond acceptors (Lipinski definition) is 5. The summed E-state index contributed by atoms with van der Waals surface area (Å²) in [5, 5.41) is 6.98. The van der Waals surface area contributed by atoms with Crippen molar-refractivity contribution in [2.75, 3.05) is 17.3 Å². The third-order valence-electron chi connectivity index (χ3n) is 6.38. The molecule has 3 aromatic heterocycles. The standard InChI is InChI=1S/C28H28N6O2S/c1-3-25(35)31-21-13-12-20(17-24(21)36-2)34-27(26(32-28(34)37)22-10-5-7-15-30-22)23-11-8-16-33(23)18-19-9-4-6-14-29-19/h4-17,26-27H,3,18H2,1-2H3,(H,31,35)(H,32,37). The second-order valence-electron chi connectivity index (χ2n) is 8.66. The van der Waals surface area contributed by atoms with Crippen LogP contribution in [0.25, 0.3) is 0 Å². The number of rotatable bonds is 8. The topological polar surface area (TPSA) is 84.3 Å². The molecular weight excluding hydrogens is 484 g/mol. The van der Waals surface area contributed by atoms with Gasteiger partial charge in [0.2, 0.25) is 5.91 Å². The zero-order chi connectivity index (χ0) is 25.8. The first-order valence-corrected chi connectivity index (χ1v) is 12.5. The monoisotopic (exact) mass is 512 g/mol. The summed E-state index contributed by atoms with van der Waals surface area (Å²) in [6.45, 7) is 2.44. The number of hydrogen-bond donors (Lipinski definition) is 2. The molecule has 4 heterocycles. The molecule has 8 nitrogen and oxygen atoms in total. The maximum Gasteiger partial charge on any atom is 0.224 e. The molecule has 1 amide bonds. The van der Waals surface area contributed by atoms with E-state index < -0.39 is 0 Å². The van der Waals surface area contributed by atoms with E-state index in [1.54, 1.807) is 19.5 Å². The van der Waals surface area contributed by atoms with Crippen LogP contribution in [0.5, 0.6) is 5.75 Å². The molecular formula is C28H28N6O2S. The van der Waals surface area contributed by atoms with Crippen LogP contribution in [-0.4, -0.2) is 32.7 Å². The van der Waals surface area contributed by atoms with E-state index >= 15 is 0 Å². The predicted molar refractivity (Wildman–Crippen MR) is 148 cm³/mol. The second kappa shape index (κ2) is 10.8. The third-order valence-corrected chi connectivity index (χ3v) is 6.70. The molecule has 1 aliphatic rings. The summed E-state index contributed by atoms with van der Waals surface area (Å²) in [4.78, 5) is 23.3. The number of benzene rings is 1. The summed E-state index contributed by atoms with van der Waals surface area (Å²) in [5.74, 6) is 0.482. The quantitative estimate of drug-likeness (QED) is 0.326. The lowest BCUT2D eigenvalue weighted by molar-refractivity contribution is -0.115. The Morgan fingerprint density at radius 3 is 2.59 bits per heavy atom. The summed E-state index contributed by atoms with van der Waals surface area (Å²) >= 11 is 5.88. The maximum absolute atomic E-state index is 12.0. The van der Waals surface area contributed by atoms with Gasteiger partial charge in [-0.3, -0.25) is 14.8 Å². The average Bonchev–Trinajstić information content (AvgIpc) is 3.53. The van der Waals surface area contributed by atoms with E-state index in [1.807, 2.05) is 67.6 Å². The van der Waals surface area contributed by atoms with Crippen molar-refractivity contribution in [3.05, 3.63) is 102 Å². The molecule has 1 saturated heterocycles. The molecule has 2 N–H and O–H groups in total. The number of nitrogens with one attached hydrogen (secondary N) is 2. The molecule has 1 aliphatic heterocycles. The highest BCUT2D eigenvalue weighted by Crippen LogP contribution is 2.43. The lowest BCUT2D eigenvalue weighted by atomic mass is 10.0. The van der Waals surface area contributed by atoms with Crippen molar-refractivity contribution >= 4 is 34.6 Å². The van der Waals surface area contributed by atoms with Gasteiger partial charge in [0.25, 0.3) is 0 Å². The number of methoxy groups -OCH3 is 1. The van der Waals surface area contributed by atoms with Gasteiger partial charge in [0.05, 0.1) is 36.8 Å². The van der Waals surface area contributed by atoms with Gasteiger partial charge in [-0.15, -0.1) is 0 Å². The minimum atomic E-state index is -0.193. The maximum atomic E-state index is 12.0. The molecule has 0 spiro atoms. The van der Waals surface area contributed by atoms with E-state index in [1.165, 1.54) is 0 Å². The van der Waals surface area contributed by atoms with E-state index in [0.29, 0.717) is 29.5 Å². The number of nitrogens with zero attached hydrogens (tertiary/aromatic N) is 4. The van der Waals surface area contributed by atoms with Crippen LogP contribution in [0, 0.1) is 0 Å². The van der Waals surface area contributed by atoms with Crippen molar-refractivity contribution in [3.63, 3.8) is 0 Å². The molecule has 188 valence electrons. The van der Waals surface area contributed by atoms with Gasteiger partial charge >= 0.3 is 0 Å².